The van der Waals surface area contributed by atoms with Crippen LogP contribution in [0.3, 0.4) is 0 Å². The number of hydrogen-bond acceptors (Lipinski definition) is 5. The van der Waals surface area contributed by atoms with E-state index >= 15 is 0 Å². The van der Waals surface area contributed by atoms with Gasteiger partial charge in [-0.05, 0) is 46.1 Å². The van der Waals surface area contributed by atoms with Crippen LogP contribution in [0.5, 0.6) is 0 Å². The lowest BCUT2D eigenvalue weighted by Crippen LogP contribution is -2.64. The van der Waals surface area contributed by atoms with Crippen molar-refractivity contribution in [3.8, 4) is 45.3 Å². The summed E-state index contributed by atoms with van der Waals surface area (Å²) in [5.41, 5.74) is 10.1. The second kappa shape index (κ2) is 11.9. The highest BCUT2D eigenvalue weighted by Gasteiger charge is 2.42. The van der Waals surface area contributed by atoms with Gasteiger partial charge in [-0.3, -0.25) is 0 Å². The lowest BCUT2D eigenvalue weighted by Gasteiger charge is -2.46. The van der Waals surface area contributed by atoms with Gasteiger partial charge in [0.2, 0.25) is 0 Å². The Hall–Kier alpha value is -6.20. The van der Waals surface area contributed by atoms with E-state index in [1.165, 1.54) is 22.3 Å². The summed E-state index contributed by atoms with van der Waals surface area (Å²) in [5.74, 6) is 6.57. The highest BCUT2D eigenvalue weighted by molar-refractivity contribution is 6.90. The zero-order valence-corrected chi connectivity index (χ0v) is 26.1. The number of anilines is 1. The van der Waals surface area contributed by atoms with Crippen molar-refractivity contribution in [1.82, 2.24) is 19.7 Å². The molecule has 9 rings (SSSR count). The predicted octanol–water partition coefficient (Wildman–Crippen LogP) is 8.12. The first-order valence-electron chi connectivity index (χ1n) is 16.3. The SMILES string of the molecule is C1=CB2c3cc(-c4ccccc4)ccc3N3C=C(c4ccc(-c5nc(-c6ccccc6)nc(-c6ccccc6)n5)cc4)C=CB3N2C=C1. The molecule has 6 aromatic rings. The van der Waals surface area contributed by atoms with E-state index in [4.69, 9.17) is 15.0 Å². The molecule has 5 nitrogen and oxygen atoms in total. The Balaban J connectivity index is 1.07. The average molecular weight is 613 g/mol. The van der Waals surface area contributed by atoms with Gasteiger partial charge in [-0.2, -0.15) is 0 Å². The van der Waals surface area contributed by atoms with Gasteiger partial charge in [-0.1, -0.05) is 151 Å². The van der Waals surface area contributed by atoms with Crippen molar-refractivity contribution in [2.75, 3.05) is 4.81 Å². The molecular weight excluding hydrogens is 584 g/mol. The summed E-state index contributed by atoms with van der Waals surface area (Å²) in [7, 11) is 0. The first-order chi connectivity index (χ1) is 23.8. The number of nitrogens with zero attached hydrogens (tertiary/aromatic N) is 5. The summed E-state index contributed by atoms with van der Waals surface area (Å²) in [6, 6.07) is 46.2. The first kappa shape index (κ1) is 28.1. The maximum atomic E-state index is 4.91. The highest BCUT2D eigenvalue weighted by atomic mass is 15.2. The Labute approximate surface area is 281 Å². The number of benzene rings is 5. The van der Waals surface area contributed by atoms with Gasteiger partial charge in [0.15, 0.2) is 17.5 Å². The number of hydrogen-bond donors (Lipinski definition) is 0. The third-order valence-corrected chi connectivity index (χ3v) is 9.21. The van der Waals surface area contributed by atoms with Gasteiger partial charge in [0.25, 0.3) is 0 Å². The molecule has 0 fully saturated rings. The Morgan fingerprint density at radius 3 is 1.65 bits per heavy atom. The number of allylic oxidation sites excluding steroid dienone is 4. The Bertz CT molecular complexity index is 2190. The molecule has 5 aromatic carbocycles. The van der Waals surface area contributed by atoms with Gasteiger partial charge in [-0.25, -0.2) is 15.0 Å². The zero-order valence-electron chi connectivity index (χ0n) is 26.1. The zero-order chi connectivity index (χ0) is 31.9. The molecule has 0 radical (unpaired) electrons. The molecule has 0 aliphatic carbocycles. The standard InChI is InChI=1S/C41H29B2N5/c1-4-12-30(13-5-1)35-22-23-38-37(28-35)42-25-10-11-27-48(42)43-26-24-36(29-47(38)43)31-18-20-34(21-19-31)41-45-39(32-14-6-2-7-15-32)44-40(46-41)33-16-8-3-9-17-33/h1-29H. The van der Waals surface area contributed by atoms with Crippen LogP contribution < -0.4 is 10.3 Å². The van der Waals surface area contributed by atoms with Crippen LogP contribution in [0.15, 0.2) is 176 Å². The van der Waals surface area contributed by atoms with Crippen molar-refractivity contribution < 1.29 is 0 Å². The van der Waals surface area contributed by atoms with Crippen LogP contribution in [0.25, 0.3) is 50.9 Å². The van der Waals surface area contributed by atoms with Crippen molar-refractivity contribution in [3.63, 3.8) is 0 Å². The van der Waals surface area contributed by atoms with Crippen LogP contribution in [0.1, 0.15) is 5.56 Å². The van der Waals surface area contributed by atoms with Crippen LogP contribution in [0.4, 0.5) is 5.69 Å². The Morgan fingerprint density at radius 2 is 1.02 bits per heavy atom. The molecule has 0 spiro atoms. The minimum Gasteiger partial charge on any atom is -0.437 e. The molecule has 224 valence electrons. The van der Waals surface area contributed by atoms with Crippen molar-refractivity contribution >= 4 is 30.6 Å². The number of aromatic nitrogens is 3. The Kier molecular flexibility index (Phi) is 6.94. The minimum absolute atomic E-state index is 0.0901. The highest BCUT2D eigenvalue weighted by Crippen LogP contribution is 2.34. The maximum absolute atomic E-state index is 4.91. The molecule has 0 atom stereocenters. The Morgan fingerprint density at radius 1 is 0.479 bits per heavy atom. The molecular formula is C41H29B2N5. The molecule has 3 aliphatic rings. The quantitative estimate of drug-likeness (QED) is 0.184. The molecule has 7 heteroatoms. The van der Waals surface area contributed by atoms with Gasteiger partial charge >= 0.3 is 13.8 Å². The molecule has 1 aromatic heterocycles. The monoisotopic (exact) mass is 613 g/mol. The van der Waals surface area contributed by atoms with Crippen molar-refractivity contribution in [2.45, 2.75) is 0 Å². The molecule has 4 heterocycles. The molecule has 48 heavy (non-hydrogen) atoms. The maximum Gasteiger partial charge on any atom is 0.395 e. The second-order valence-electron chi connectivity index (χ2n) is 12.1. The van der Waals surface area contributed by atoms with E-state index in [0.717, 1.165) is 27.8 Å². The topological polar surface area (TPSA) is 45.2 Å². The number of rotatable bonds is 5. The lowest BCUT2D eigenvalue weighted by molar-refractivity contribution is 0.878. The van der Waals surface area contributed by atoms with E-state index in [1.54, 1.807) is 0 Å². The van der Waals surface area contributed by atoms with Crippen LogP contribution >= 0.6 is 0 Å². The molecule has 3 aliphatic heterocycles. The van der Waals surface area contributed by atoms with Crippen LogP contribution in [0.2, 0.25) is 0 Å². The fourth-order valence-electron chi connectivity index (χ4n) is 6.79. The molecule has 0 unspecified atom stereocenters. The van der Waals surface area contributed by atoms with Gasteiger partial charge < -0.3 is 9.53 Å². The summed E-state index contributed by atoms with van der Waals surface area (Å²) in [6.45, 7) is 0.267. The molecule has 0 saturated heterocycles. The van der Waals surface area contributed by atoms with Crippen LogP contribution in [-0.4, -0.2) is 33.5 Å². The fourth-order valence-corrected chi connectivity index (χ4v) is 6.79. The molecule has 0 N–H and O–H groups in total. The van der Waals surface area contributed by atoms with Gasteiger partial charge in [0.05, 0.1) is 0 Å². The van der Waals surface area contributed by atoms with Crippen molar-refractivity contribution in [1.29, 1.82) is 0 Å². The van der Waals surface area contributed by atoms with Crippen molar-refractivity contribution in [3.05, 3.63) is 182 Å². The van der Waals surface area contributed by atoms with Gasteiger partial charge in [0.1, 0.15) is 0 Å². The largest absolute Gasteiger partial charge is 0.437 e. The molecule has 0 saturated carbocycles. The summed E-state index contributed by atoms with van der Waals surface area (Å²) >= 11 is 0. The minimum atomic E-state index is 0.0901. The molecule has 0 amide bonds. The predicted molar refractivity (Wildman–Crippen MR) is 199 cm³/mol. The third-order valence-electron chi connectivity index (χ3n) is 9.21. The van der Waals surface area contributed by atoms with Gasteiger partial charge in [-0.15, -0.1) is 0 Å². The smallest absolute Gasteiger partial charge is 0.395 e. The van der Waals surface area contributed by atoms with E-state index < -0.39 is 0 Å². The summed E-state index contributed by atoms with van der Waals surface area (Å²) in [4.78, 5) is 17.1. The van der Waals surface area contributed by atoms with Crippen LogP contribution in [-0.2, 0) is 0 Å². The summed E-state index contributed by atoms with van der Waals surface area (Å²) in [6.07, 6.45) is 11.0. The third kappa shape index (κ3) is 5.06. The summed E-state index contributed by atoms with van der Waals surface area (Å²) in [5, 5.41) is 0. The van der Waals surface area contributed by atoms with Crippen LogP contribution in [0, 0.1) is 0 Å². The van der Waals surface area contributed by atoms with E-state index in [-0.39, 0.29) is 13.8 Å². The fraction of sp³-hybridized carbons (Fsp3) is 0. The lowest BCUT2D eigenvalue weighted by atomic mass is 9.43. The average Bonchev–Trinajstić information content (AvgIpc) is 3.18. The number of fused-ring (bicyclic) bond motifs is 6. The van der Waals surface area contributed by atoms with Gasteiger partial charge in [0, 0.05) is 28.6 Å². The first-order valence-corrected chi connectivity index (χ1v) is 16.3. The van der Waals surface area contributed by atoms with E-state index in [1.807, 2.05) is 60.7 Å². The molecule has 0 bridgehead atoms. The van der Waals surface area contributed by atoms with E-state index in [9.17, 15) is 0 Å². The second-order valence-corrected chi connectivity index (χ2v) is 12.1. The van der Waals surface area contributed by atoms with E-state index in [0.29, 0.717) is 17.5 Å². The normalized spacial score (nSPS) is 14.4. The van der Waals surface area contributed by atoms with Crippen molar-refractivity contribution in [2.24, 2.45) is 0 Å². The summed E-state index contributed by atoms with van der Waals surface area (Å²) < 4.78 is 2.43. The van der Waals surface area contributed by atoms with E-state index in [2.05, 4.69) is 125 Å².